The van der Waals surface area contributed by atoms with E-state index in [2.05, 4.69) is 31.5 Å². The van der Waals surface area contributed by atoms with Crippen LogP contribution in [0.4, 0.5) is 10.1 Å². The molecule has 2 N–H and O–H groups in total. The van der Waals surface area contributed by atoms with E-state index in [-0.39, 0.29) is 11.5 Å². The second kappa shape index (κ2) is 5.42. The molecule has 0 atom stereocenters. The Morgan fingerprint density at radius 3 is 2.67 bits per heavy atom. The molecule has 3 rings (SSSR count). The molecule has 8 heteroatoms. The average molecular weight is 369 g/mol. The molecular weight excluding hydrogens is 361 g/mol. The lowest BCUT2D eigenvalue weighted by atomic mass is 10.1. The Balaban J connectivity index is 2.28. The van der Waals surface area contributed by atoms with Gasteiger partial charge in [-0.2, -0.15) is 4.68 Å². The first-order valence-electron chi connectivity index (χ1n) is 5.86. The Kier molecular flexibility index (Phi) is 3.60. The number of nitrogen functional groups attached to an aromatic ring is 1. The monoisotopic (exact) mass is 367 g/mol. The van der Waals surface area contributed by atoms with Crippen LogP contribution >= 0.6 is 27.5 Å². The highest BCUT2D eigenvalue weighted by atomic mass is 79.9. The highest BCUT2D eigenvalue weighted by Gasteiger charge is 2.20. The summed E-state index contributed by atoms with van der Waals surface area (Å²) in [5.74, 6) is -0.201. The van der Waals surface area contributed by atoms with Crippen molar-refractivity contribution in [3.05, 3.63) is 51.7 Å². The minimum Gasteiger partial charge on any atom is -0.398 e. The number of benzene rings is 2. The summed E-state index contributed by atoms with van der Waals surface area (Å²) in [6.07, 6.45) is 0. The summed E-state index contributed by atoms with van der Waals surface area (Å²) in [4.78, 5) is 0. The molecule has 3 aromatic rings. The molecule has 0 amide bonds. The Hall–Kier alpha value is -1.99. The summed E-state index contributed by atoms with van der Waals surface area (Å²) in [6.45, 7) is 0. The van der Waals surface area contributed by atoms with Crippen molar-refractivity contribution in [2.75, 3.05) is 5.73 Å². The van der Waals surface area contributed by atoms with Crippen LogP contribution in [0, 0.1) is 5.82 Å². The maximum atomic E-state index is 14.1. The third-order valence-corrected chi connectivity index (χ3v) is 3.84. The lowest BCUT2D eigenvalue weighted by molar-refractivity contribution is 0.606. The Labute approximate surface area is 132 Å². The van der Waals surface area contributed by atoms with Crippen molar-refractivity contribution < 1.29 is 4.39 Å². The third kappa shape index (κ3) is 2.38. The molecule has 5 nitrogen and oxygen atoms in total. The van der Waals surface area contributed by atoms with Gasteiger partial charge in [0.05, 0.1) is 10.6 Å². The zero-order valence-corrected chi connectivity index (χ0v) is 12.8. The van der Waals surface area contributed by atoms with E-state index in [4.69, 9.17) is 17.3 Å². The normalized spacial score (nSPS) is 10.8. The quantitative estimate of drug-likeness (QED) is 0.703. The predicted molar refractivity (Wildman–Crippen MR) is 81.7 cm³/mol. The van der Waals surface area contributed by atoms with Gasteiger partial charge in [-0.15, -0.1) is 5.10 Å². The summed E-state index contributed by atoms with van der Waals surface area (Å²) in [6, 6.07) is 9.66. The van der Waals surface area contributed by atoms with Crippen molar-refractivity contribution in [1.82, 2.24) is 20.2 Å². The van der Waals surface area contributed by atoms with Gasteiger partial charge in [0.2, 0.25) is 0 Å². The maximum absolute atomic E-state index is 14.1. The highest BCUT2D eigenvalue weighted by molar-refractivity contribution is 9.10. The van der Waals surface area contributed by atoms with Gasteiger partial charge in [0.25, 0.3) is 0 Å². The highest BCUT2D eigenvalue weighted by Crippen LogP contribution is 2.34. The molecule has 0 spiro atoms. The Bertz CT molecular complexity index is 714. The summed E-state index contributed by atoms with van der Waals surface area (Å²) >= 11 is 9.46. The first-order chi connectivity index (χ1) is 10.1. The van der Waals surface area contributed by atoms with E-state index < -0.39 is 5.82 Å². The summed E-state index contributed by atoms with van der Waals surface area (Å²) in [5.41, 5.74) is 6.99. The van der Waals surface area contributed by atoms with Gasteiger partial charge in [-0.1, -0.05) is 23.7 Å². The molecule has 2 aromatic carbocycles. The number of anilines is 1. The number of rotatable bonds is 2. The molecule has 0 bridgehead atoms. The lowest BCUT2D eigenvalue weighted by Gasteiger charge is -2.10. The van der Waals surface area contributed by atoms with Gasteiger partial charge in [0.1, 0.15) is 11.5 Å². The average Bonchev–Trinajstić information content (AvgIpc) is 2.87. The number of hydrogen-bond donors (Lipinski definition) is 1. The summed E-state index contributed by atoms with van der Waals surface area (Å²) in [5, 5.41) is 11.7. The molecule has 21 heavy (non-hydrogen) atoms. The molecule has 0 fully saturated rings. The summed E-state index contributed by atoms with van der Waals surface area (Å²) in [7, 11) is 0. The molecule has 0 aliphatic rings. The Morgan fingerprint density at radius 2 is 1.95 bits per heavy atom. The van der Waals surface area contributed by atoms with Crippen LogP contribution in [0.25, 0.3) is 17.1 Å². The molecule has 0 saturated heterocycles. The smallest absolute Gasteiger partial charge is 0.190 e. The van der Waals surface area contributed by atoms with Gasteiger partial charge in [-0.3, -0.25) is 0 Å². The van der Waals surface area contributed by atoms with Crippen molar-refractivity contribution in [1.29, 1.82) is 0 Å². The fourth-order valence-corrected chi connectivity index (χ4v) is 2.74. The number of nitrogens with zero attached hydrogens (tertiary/aromatic N) is 4. The van der Waals surface area contributed by atoms with E-state index >= 15 is 0 Å². The fourth-order valence-electron chi connectivity index (χ4n) is 1.96. The SMILES string of the molecule is Nc1cccc(Cl)c1-c1nnnn1-c1c(F)cccc1Br. The van der Waals surface area contributed by atoms with Crippen LogP contribution in [0.2, 0.25) is 5.02 Å². The first kappa shape index (κ1) is 14.0. The second-order valence-corrected chi connectivity index (χ2v) is 5.45. The van der Waals surface area contributed by atoms with Crippen molar-refractivity contribution in [2.45, 2.75) is 0 Å². The second-order valence-electron chi connectivity index (χ2n) is 4.19. The van der Waals surface area contributed by atoms with E-state index in [1.54, 1.807) is 30.3 Å². The molecule has 0 radical (unpaired) electrons. The molecule has 106 valence electrons. The number of aromatic nitrogens is 4. The van der Waals surface area contributed by atoms with Crippen molar-refractivity contribution in [3.63, 3.8) is 0 Å². The third-order valence-electron chi connectivity index (χ3n) is 2.89. The number of para-hydroxylation sites is 1. The van der Waals surface area contributed by atoms with Gasteiger partial charge in [0, 0.05) is 10.2 Å². The van der Waals surface area contributed by atoms with E-state index in [0.29, 0.717) is 20.7 Å². The first-order valence-corrected chi connectivity index (χ1v) is 7.04. The van der Waals surface area contributed by atoms with Crippen LogP contribution in [0.5, 0.6) is 0 Å². The molecular formula is C13H8BrClFN5. The van der Waals surface area contributed by atoms with Crippen LogP contribution in [0.1, 0.15) is 0 Å². The molecule has 1 heterocycles. The minimum atomic E-state index is -0.469. The van der Waals surface area contributed by atoms with Crippen LogP contribution in [-0.2, 0) is 0 Å². The van der Waals surface area contributed by atoms with Gasteiger partial charge >= 0.3 is 0 Å². The van der Waals surface area contributed by atoms with Crippen molar-refractivity contribution in [2.24, 2.45) is 0 Å². The van der Waals surface area contributed by atoms with Crippen LogP contribution in [0.3, 0.4) is 0 Å². The molecule has 0 unspecified atom stereocenters. The van der Waals surface area contributed by atoms with Crippen molar-refractivity contribution >= 4 is 33.2 Å². The summed E-state index contributed by atoms with van der Waals surface area (Å²) < 4.78 is 15.9. The van der Waals surface area contributed by atoms with Crippen LogP contribution in [-0.4, -0.2) is 20.2 Å². The van der Waals surface area contributed by atoms with Crippen molar-refractivity contribution in [3.8, 4) is 17.1 Å². The zero-order chi connectivity index (χ0) is 15.0. The standard InChI is InChI=1S/C13H8BrClFN5/c14-7-3-1-5-9(16)12(7)21-13(18-19-20-21)11-8(15)4-2-6-10(11)17/h1-6H,17H2. The number of tetrazole rings is 1. The topological polar surface area (TPSA) is 69.6 Å². The fraction of sp³-hybridized carbons (Fsp3) is 0. The van der Waals surface area contributed by atoms with Crippen LogP contribution < -0.4 is 5.73 Å². The maximum Gasteiger partial charge on any atom is 0.190 e. The zero-order valence-electron chi connectivity index (χ0n) is 10.5. The van der Waals surface area contributed by atoms with Gasteiger partial charge in [-0.05, 0) is 50.6 Å². The number of halogens is 3. The predicted octanol–water partition coefficient (Wildman–Crippen LogP) is 3.47. The molecule has 0 aliphatic carbocycles. The van der Waals surface area contributed by atoms with E-state index in [1.165, 1.54) is 10.7 Å². The van der Waals surface area contributed by atoms with E-state index in [9.17, 15) is 4.39 Å². The molecule has 0 aliphatic heterocycles. The number of hydrogen-bond acceptors (Lipinski definition) is 4. The van der Waals surface area contributed by atoms with E-state index in [1.807, 2.05) is 0 Å². The van der Waals surface area contributed by atoms with Gasteiger partial charge in [0.15, 0.2) is 5.82 Å². The van der Waals surface area contributed by atoms with Gasteiger partial charge < -0.3 is 5.73 Å². The minimum absolute atomic E-state index is 0.191. The van der Waals surface area contributed by atoms with Gasteiger partial charge in [-0.25, -0.2) is 4.39 Å². The molecule has 0 saturated carbocycles. The van der Waals surface area contributed by atoms with E-state index in [0.717, 1.165) is 0 Å². The number of nitrogens with two attached hydrogens (primary N) is 1. The lowest BCUT2D eigenvalue weighted by Crippen LogP contribution is -2.05. The van der Waals surface area contributed by atoms with Crippen LogP contribution in [0.15, 0.2) is 40.9 Å². The molecule has 1 aromatic heterocycles. The largest absolute Gasteiger partial charge is 0.398 e. The Morgan fingerprint density at radius 1 is 1.19 bits per heavy atom.